The minimum atomic E-state index is -0.177. The zero-order chi connectivity index (χ0) is 13.0. The van der Waals surface area contributed by atoms with Gasteiger partial charge in [-0.15, -0.1) is 0 Å². The fraction of sp³-hybridized carbons (Fsp3) is 0.600. The van der Waals surface area contributed by atoms with Crippen LogP contribution in [0.3, 0.4) is 0 Å². The molecule has 0 spiro atoms. The first-order chi connectivity index (χ1) is 8.59. The van der Waals surface area contributed by atoms with Crippen LogP contribution in [0.4, 0.5) is 4.39 Å². The Morgan fingerprint density at radius 2 is 2.17 bits per heavy atom. The molecule has 1 heterocycles. The van der Waals surface area contributed by atoms with Gasteiger partial charge in [0.25, 0.3) is 0 Å². The molecule has 0 amide bonds. The van der Waals surface area contributed by atoms with Crippen LogP contribution in [0.15, 0.2) is 24.3 Å². The highest BCUT2D eigenvalue weighted by Gasteiger charge is 2.24. The van der Waals surface area contributed by atoms with Crippen LogP contribution in [0.5, 0.6) is 0 Å². The Labute approximate surface area is 109 Å². The predicted octanol–water partition coefficient (Wildman–Crippen LogP) is 2.44. The van der Waals surface area contributed by atoms with Gasteiger partial charge >= 0.3 is 0 Å². The smallest absolute Gasteiger partial charge is 0.126 e. The molecule has 0 aliphatic carbocycles. The molecule has 1 atom stereocenters. The Bertz CT molecular complexity index is 384. The van der Waals surface area contributed by atoms with Gasteiger partial charge in [0.05, 0.1) is 0 Å². The molecule has 1 aromatic carbocycles. The van der Waals surface area contributed by atoms with Gasteiger partial charge in [0.1, 0.15) is 5.82 Å². The molecule has 0 bridgehead atoms. The van der Waals surface area contributed by atoms with Crippen LogP contribution in [0.2, 0.25) is 0 Å². The summed E-state index contributed by atoms with van der Waals surface area (Å²) < 4.78 is 13.8. The molecule has 3 heteroatoms. The summed E-state index contributed by atoms with van der Waals surface area (Å²) in [5.74, 6) is -0.108. The van der Waals surface area contributed by atoms with Gasteiger partial charge in [-0.3, -0.25) is 0 Å². The zero-order valence-electron chi connectivity index (χ0n) is 11.3. The van der Waals surface area contributed by atoms with Crippen molar-refractivity contribution in [1.82, 2.24) is 10.6 Å². The van der Waals surface area contributed by atoms with Crippen LogP contribution in [0.1, 0.15) is 32.3 Å². The normalized spacial score (nSPS) is 20.3. The summed E-state index contributed by atoms with van der Waals surface area (Å²) >= 11 is 0. The van der Waals surface area contributed by atoms with Crippen LogP contribution in [0.25, 0.3) is 0 Å². The number of halogens is 1. The maximum Gasteiger partial charge on any atom is 0.126 e. The lowest BCUT2D eigenvalue weighted by molar-refractivity contribution is 0.426. The summed E-state index contributed by atoms with van der Waals surface area (Å²) in [5, 5.41) is 6.92. The monoisotopic (exact) mass is 250 g/mol. The average molecular weight is 250 g/mol. The first kappa shape index (κ1) is 13.5. The first-order valence-corrected chi connectivity index (χ1v) is 6.79. The second-order valence-corrected chi connectivity index (χ2v) is 5.79. The lowest BCUT2D eigenvalue weighted by Gasteiger charge is -2.27. The second-order valence-electron chi connectivity index (χ2n) is 5.79. The highest BCUT2D eigenvalue weighted by Crippen LogP contribution is 2.24. The Morgan fingerprint density at radius 3 is 2.83 bits per heavy atom. The van der Waals surface area contributed by atoms with E-state index in [1.165, 1.54) is 18.9 Å². The highest BCUT2D eigenvalue weighted by atomic mass is 19.1. The highest BCUT2D eigenvalue weighted by molar-refractivity contribution is 5.25. The third kappa shape index (κ3) is 3.30. The van der Waals surface area contributed by atoms with Crippen molar-refractivity contribution >= 4 is 0 Å². The number of hydrogen-bond donors (Lipinski definition) is 2. The standard InChI is InChI=1S/C15H23FN2/c1-15(2,13-7-3-4-8-14(13)16)11-17-10-12-6-5-9-18-12/h3-4,7-8,12,17-18H,5-6,9-11H2,1-2H3. The molecule has 0 radical (unpaired) electrons. The van der Waals surface area contributed by atoms with Crippen LogP contribution < -0.4 is 10.6 Å². The van der Waals surface area contributed by atoms with E-state index in [1.807, 2.05) is 12.1 Å². The van der Waals surface area contributed by atoms with Gasteiger partial charge in [0.15, 0.2) is 0 Å². The molecule has 0 aromatic heterocycles. The number of benzene rings is 1. The van der Waals surface area contributed by atoms with Crippen molar-refractivity contribution in [2.24, 2.45) is 0 Å². The summed E-state index contributed by atoms with van der Waals surface area (Å²) in [4.78, 5) is 0. The Kier molecular flexibility index (Phi) is 4.36. The van der Waals surface area contributed by atoms with E-state index in [4.69, 9.17) is 0 Å². The minimum absolute atomic E-state index is 0.108. The molecular weight excluding hydrogens is 227 g/mol. The third-order valence-electron chi connectivity index (χ3n) is 3.72. The van der Waals surface area contributed by atoms with Gasteiger partial charge in [0, 0.05) is 24.5 Å². The van der Waals surface area contributed by atoms with Crippen LogP contribution in [-0.4, -0.2) is 25.7 Å². The Hall–Kier alpha value is -0.930. The quantitative estimate of drug-likeness (QED) is 0.839. The van der Waals surface area contributed by atoms with Crippen LogP contribution >= 0.6 is 0 Å². The molecule has 1 aliphatic rings. The lowest BCUT2D eigenvalue weighted by atomic mass is 9.84. The summed E-state index contributed by atoms with van der Waals surface area (Å²) in [5.41, 5.74) is 0.612. The summed E-state index contributed by atoms with van der Waals surface area (Å²) in [6, 6.07) is 7.64. The van der Waals surface area contributed by atoms with Crippen molar-refractivity contribution in [2.75, 3.05) is 19.6 Å². The topological polar surface area (TPSA) is 24.1 Å². The van der Waals surface area contributed by atoms with Crippen LogP contribution in [0, 0.1) is 5.82 Å². The van der Waals surface area contributed by atoms with Crippen molar-refractivity contribution in [3.8, 4) is 0 Å². The summed E-state index contributed by atoms with van der Waals surface area (Å²) in [6.07, 6.45) is 2.51. The first-order valence-electron chi connectivity index (χ1n) is 6.79. The average Bonchev–Trinajstić information content (AvgIpc) is 2.82. The molecule has 1 unspecified atom stereocenters. The third-order valence-corrected chi connectivity index (χ3v) is 3.72. The van der Waals surface area contributed by atoms with Crippen molar-refractivity contribution in [3.05, 3.63) is 35.6 Å². The van der Waals surface area contributed by atoms with E-state index < -0.39 is 0 Å². The predicted molar refractivity (Wildman–Crippen MR) is 73.3 cm³/mol. The fourth-order valence-corrected chi connectivity index (χ4v) is 2.60. The molecule has 2 rings (SSSR count). The molecule has 18 heavy (non-hydrogen) atoms. The molecule has 0 saturated carbocycles. The number of hydrogen-bond acceptors (Lipinski definition) is 2. The van der Waals surface area contributed by atoms with E-state index in [9.17, 15) is 4.39 Å². The molecular formula is C15H23FN2. The molecule has 1 aliphatic heterocycles. The summed E-state index contributed by atoms with van der Waals surface area (Å²) in [6.45, 7) is 7.06. The maximum absolute atomic E-state index is 13.8. The van der Waals surface area contributed by atoms with E-state index in [2.05, 4.69) is 24.5 Å². The molecule has 2 nitrogen and oxygen atoms in total. The molecule has 100 valence electrons. The largest absolute Gasteiger partial charge is 0.314 e. The van der Waals surface area contributed by atoms with E-state index >= 15 is 0 Å². The van der Waals surface area contributed by atoms with Crippen molar-refractivity contribution < 1.29 is 4.39 Å². The van der Waals surface area contributed by atoms with Gasteiger partial charge in [-0.05, 0) is 31.0 Å². The zero-order valence-corrected chi connectivity index (χ0v) is 11.3. The van der Waals surface area contributed by atoms with E-state index in [0.29, 0.717) is 6.04 Å². The Balaban J connectivity index is 1.88. The van der Waals surface area contributed by atoms with Gasteiger partial charge in [-0.2, -0.15) is 0 Å². The van der Waals surface area contributed by atoms with Gasteiger partial charge in [-0.25, -0.2) is 4.39 Å². The molecule has 1 aromatic rings. The lowest BCUT2D eigenvalue weighted by Crippen LogP contribution is -2.40. The van der Waals surface area contributed by atoms with Crippen LogP contribution in [-0.2, 0) is 5.41 Å². The number of rotatable bonds is 5. The van der Waals surface area contributed by atoms with Crippen molar-refractivity contribution in [3.63, 3.8) is 0 Å². The maximum atomic E-state index is 13.8. The van der Waals surface area contributed by atoms with Gasteiger partial charge in [0.2, 0.25) is 0 Å². The summed E-state index contributed by atoms with van der Waals surface area (Å²) in [7, 11) is 0. The van der Waals surface area contributed by atoms with E-state index in [0.717, 1.165) is 25.2 Å². The van der Waals surface area contributed by atoms with E-state index in [1.54, 1.807) is 6.07 Å². The SMILES string of the molecule is CC(C)(CNCC1CCCN1)c1ccccc1F. The van der Waals surface area contributed by atoms with E-state index in [-0.39, 0.29) is 11.2 Å². The van der Waals surface area contributed by atoms with Gasteiger partial charge < -0.3 is 10.6 Å². The fourth-order valence-electron chi connectivity index (χ4n) is 2.60. The molecule has 2 N–H and O–H groups in total. The van der Waals surface area contributed by atoms with Crippen molar-refractivity contribution in [1.29, 1.82) is 0 Å². The second kappa shape index (κ2) is 5.81. The number of nitrogens with one attached hydrogen (secondary N) is 2. The minimum Gasteiger partial charge on any atom is -0.314 e. The van der Waals surface area contributed by atoms with Gasteiger partial charge in [-0.1, -0.05) is 32.0 Å². The Morgan fingerprint density at radius 1 is 1.39 bits per heavy atom. The molecule has 1 fully saturated rings. The van der Waals surface area contributed by atoms with Crippen molar-refractivity contribution in [2.45, 2.75) is 38.1 Å². The molecule has 1 saturated heterocycles.